The molecule has 0 aliphatic rings. The molecule has 0 saturated heterocycles. The Morgan fingerprint density at radius 2 is 2.15 bits per heavy atom. The number of nitrogen functional groups attached to an aromatic ring is 1. The van der Waals surface area contributed by atoms with Gasteiger partial charge in [-0.3, -0.25) is 4.79 Å². The molecule has 0 radical (unpaired) electrons. The van der Waals surface area contributed by atoms with Gasteiger partial charge >= 0.3 is 0 Å². The number of aromatic nitrogens is 3. The van der Waals surface area contributed by atoms with Gasteiger partial charge in [0.15, 0.2) is 5.82 Å². The molecule has 2 rings (SSSR count). The number of nitrogens with two attached hydrogens (primary N) is 1. The molecule has 2 aromatic rings. The van der Waals surface area contributed by atoms with Crippen LogP contribution in [-0.2, 0) is 7.05 Å². The zero-order valence-corrected chi connectivity index (χ0v) is 12.4. The van der Waals surface area contributed by atoms with Crippen molar-refractivity contribution in [3.63, 3.8) is 0 Å². The standard InChI is InChI=1S/C12H13Cl2N5O/c1-6(11-18-16-5-19(11)2)17-12(20)8-3-7(15)4-9(13)10(8)14/h3-6H,15H2,1-2H3,(H,17,20). The van der Waals surface area contributed by atoms with Crippen molar-refractivity contribution < 1.29 is 4.79 Å². The highest BCUT2D eigenvalue weighted by atomic mass is 35.5. The quantitative estimate of drug-likeness (QED) is 0.850. The highest BCUT2D eigenvalue weighted by molar-refractivity contribution is 6.44. The zero-order valence-electron chi connectivity index (χ0n) is 10.9. The maximum atomic E-state index is 12.2. The molecule has 20 heavy (non-hydrogen) atoms. The maximum Gasteiger partial charge on any atom is 0.253 e. The highest BCUT2D eigenvalue weighted by Crippen LogP contribution is 2.29. The number of hydrogen-bond donors (Lipinski definition) is 2. The maximum absolute atomic E-state index is 12.2. The molecule has 0 saturated carbocycles. The molecule has 1 unspecified atom stereocenters. The van der Waals surface area contributed by atoms with Crippen molar-refractivity contribution in [3.8, 4) is 0 Å². The Balaban J connectivity index is 2.23. The Hall–Kier alpha value is -1.79. The number of rotatable bonds is 3. The molecule has 1 atom stereocenters. The van der Waals surface area contributed by atoms with Gasteiger partial charge in [-0.25, -0.2) is 0 Å². The molecule has 1 aromatic heterocycles. The summed E-state index contributed by atoms with van der Waals surface area (Å²) in [6, 6.07) is 2.64. The number of aryl methyl sites for hydroxylation is 1. The van der Waals surface area contributed by atoms with Crippen molar-refractivity contribution in [2.45, 2.75) is 13.0 Å². The van der Waals surface area contributed by atoms with Crippen molar-refractivity contribution in [3.05, 3.63) is 39.9 Å². The fourth-order valence-electron chi connectivity index (χ4n) is 1.80. The molecule has 0 aliphatic carbocycles. The van der Waals surface area contributed by atoms with Crippen LogP contribution in [0.3, 0.4) is 0 Å². The average Bonchev–Trinajstić information content (AvgIpc) is 2.79. The molecule has 3 N–H and O–H groups in total. The SMILES string of the molecule is CC(NC(=O)c1cc(N)cc(Cl)c1Cl)c1nncn1C. The lowest BCUT2D eigenvalue weighted by Crippen LogP contribution is -2.28. The predicted octanol–water partition coefficient (Wildman–Crippen LogP) is 2.20. The van der Waals surface area contributed by atoms with E-state index in [1.54, 1.807) is 24.9 Å². The van der Waals surface area contributed by atoms with Gasteiger partial charge in [0.05, 0.1) is 21.7 Å². The number of benzene rings is 1. The van der Waals surface area contributed by atoms with Crippen molar-refractivity contribution in [2.24, 2.45) is 7.05 Å². The van der Waals surface area contributed by atoms with Crippen LogP contribution in [-0.4, -0.2) is 20.7 Å². The number of amides is 1. The molecule has 8 heteroatoms. The fourth-order valence-corrected chi connectivity index (χ4v) is 2.22. The van der Waals surface area contributed by atoms with Crippen molar-refractivity contribution in [2.75, 3.05) is 5.73 Å². The van der Waals surface area contributed by atoms with E-state index in [4.69, 9.17) is 28.9 Å². The number of hydrogen-bond acceptors (Lipinski definition) is 4. The van der Waals surface area contributed by atoms with Crippen LogP contribution in [0.1, 0.15) is 29.1 Å². The second kappa shape index (κ2) is 5.68. The van der Waals surface area contributed by atoms with Crippen LogP contribution in [0.4, 0.5) is 5.69 Å². The van der Waals surface area contributed by atoms with Crippen LogP contribution < -0.4 is 11.1 Å². The second-order valence-corrected chi connectivity index (χ2v) is 5.14. The third kappa shape index (κ3) is 2.86. The predicted molar refractivity (Wildman–Crippen MR) is 77.8 cm³/mol. The van der Waals surface area contributed by atoms with E-state index < -0.39 is 0 Å². The first-order valence-electron chi connectivity index (χ1n) is 5.79. The lowest BCUT2D eigenvalue weighted by molar-refractivity contribution is 0.0938. The van der Waals surface area contributed by atoms with Crippen LogP contribution in [0.5, 0.6) is 0 Å². The fraction of sp³-hybridized carbons (Fsp3) is 0.250. The second-order valence-electron chi connectivity index (χ2n) is 4.36. The van der Waals surface area contributed by atoms with Gasteiger partial charge in [0.2, 0.25) is 0 Å². The Labute approximate surface area is 125 Å². The molecule has 1 amide bonds. The van der Waals surface area contributed by atoms with Crippen LogP contribution in [0.15, 0.2) is 18.5 Å². The van der Waals surface area contributed by atoms with Crippen LogP contribution in [0.2, 0.25) is 10.0 Å². The summed E-state index contributed by atoms with van der Waals surface area (Å²) in [6.45, 7) is 1.80. The summed E-state index contributed by atoms with van der Waals surface area (Å²) in [5, 5.41) is 10.9. The lowest BCUT2D eigenvalue weighted by atomic mass is 10.1. The summed E-state index contributed by atoms with van der Waals surface area (Å²) in [5.41, 5.74) is 6.26. The van der Waals surface area contributed by atoms with Crippen LogP contribution >= 0.6 is 23.2 Å². The number of nitrogens with zero attached hydrogens (tertiary/aromatic N) is 3. The minimum Gasteiger partial charge on any atom is -0.399 e. The van der Waals surface area contributed by atoms with Crippen molar-refractivity contribution >= 4 is 34.8 Å². The Kier molecular flexibility index (Phi) is 4.15. The van der Waals surface area contributed by atoms with E-state index in [1.807, 2.05) is 0 Å². The Bertz CT molecular complexity index is 655. The first-order chi connectivity index (χ1) is 9.40. The summed E-state index contributed by atoms with van der Waals surface area (Å²) in [4.78, 5) is 12.2. The molecule has 106 valence electrons. The van der Waals surface area contributed by atoms with Crippen molar-refractivity contribution in [1.82, 2.24) is 20.1 Å². The third-order valence-electron chi connectivity index (χ3n) is 2.78. The highest BCUT2D eigenvalue weighted by Gasteiger charge is 2.19. The smallest absolute Gasteiger partial charge is 0.253 e. The molecule has 6 nitrogen and oxygen atoms in total. The van der Waals surface area contributed by atoms with Gasteiger partial charge < -0.3 is 15.6 Å². The minimum atomic E-state index is -0.375. The van der Waals surface area contributed by atoms with Gasteiger partial charge in [0.1, 0.15) is 6.33 Å². The van der Waals surface area contributed by atoms with E-state index in [2.05, 4.69) is 15.5 Å². The van der Waals surface area contributed by atoms with Gasteiger partial charge in [-0.05, 0) is 19.1 Å². The number of halogens is 2. The number of anilines is 1. The summed E-state index contributed by atoms with van der Waals surface area (Å²) < 4.78 is 1.72. The monoisotopic (exact) mass is 313 g/mol. The number of nitrogens with one attached hydrogen (secondary N) is 1. The topological polar surface area (TPSA) is 85.8 Å². The Morgan fingerprint density at radius 1 is 1.45 bits per heavy atom. The minimum absolute atomic E-state index is 0.170. The molecular weight excluding hydrogens is 301 g/mol. The van der Waals surface area contributed by atoms with Crippen molar-refractivity contribution in [1.29, 1.82) is 0 Å². The first-order valence-corrected chi connectivity index (χ1v) is 6.55. The van der Waals surface area contributed by atoms with E-state index in [-0.39, 0.29) is 27.6 Å². The first kappa shape index (κ1) is 14.6. The summed E-state index contributed by atoms with van der Waals surface area (Å²) in [7, 11) is 1.79. The molecule has 0 aliphatic heterocycles. The zero-order chi connectivity index (χ0) is 14.9. The molecule has 0 fully saturated rings. The molecular formula is C12H13Cl2N5O. The lowest BCUT2D eigenvalue weighted by Gasteiger charge is -2.14. The van der Waals surface area contributed by atoms with Gasteiger partial charge in [0.25, 0.3) is 5.91 Å². The van der Waals surface area contributed by atoms with Crippen LogP contribution in [0, 0.1) is 0 Å². The summed E-state index contributed by atoms with van der Waals surface area (Å²) in [5.74, 6) is 0.254. The van der Waals surface area contributed by atoms with Gasteiger partial charge in [-0.1, -0.05) is 23.2 Å². The van der Waals surface area contributed by atoms with E-state index >= 15 is 0 Å². The summed E-state index contributed by atoms with van der Waals surface area (Å²) in [6.07, 6.45) is 1.56. The average molecular weight is 314 g/mol. The molecule has 1 aromatic carbocycles. The molecule has 0 bridgehead atoms. The largest absolute Gasteiger partial charge is 0.399 e. The van der Waals surface area contributed by atoms with Crippen LogP contribution in [0.25, 0.3) is 0 Å². The van der Waals surface area contributed by atoms with E-state index in [0.29, 0.717) is 11.5 Å². The van der Waals surface area contributed by atoms with Gasteiger partial charge in [-0.15, -0.1) is 10.2 Å². The molecule has 0 spiro atoms. The summed E-state index contributed by atoms with van der Waals surface area (Å²) >= 11 is 11.9. The third-order valence-corrected chi connectivity index (χ3v) is 3.58. The molecule has 1 heterocycles. The van der Waals surface area contributed by atoms with E-state index in [9.17, 15) is 4.79 Å². The van der Waals surface area contributed by atoms with Gasteiger partial charge in [0, 0.05) is 12.7 Å². The number of carbonyl (C=O) groups excluding carboxylic acids is 1. The van der Waals surface area contributed by atoms with E-state index in [0.717, 1.165) is 0 Å². The number of carbonyl (C=O) groups is 1. The normalized spacial score (nSPS) is 12.2. The van der Waals surface area contributed by atoms with Gasteiger partial charge in [-0.2, -0.15) is 0 Å². The Morgan fingerprint density at radius 3 is 2.75 bits per heavy atom. The van der Waals surface area contributed by atoms with E-state index in [1.165, 1.54) is 12.1 Å².